The molecule has 10 heteroatoms. The third-order valence-electron chi connectivity index (χ3n) is 7.60. The van der Waals surface area contributed by atoms with Crippen LogP contribution < -0.4 is 4.74 Å². The van der Waals surface area contributed by atoms with Crippen LogP contribution in [-0.4, -0.2) is 70.2 Å². The molecule has 1 aromatic carbocycles. The number of carboxylic acids is 1. The molecule has 2 fully saturated rings. The van der Waals surface area contributed by atoms with E-state index >= 15 is 0 Å². The van der Waals surface area contributed by atoms with Crippen LogP contribution in [0.15, 0.2) is 42.7 Å². The minimum absolute atomic E-state index is 0.150. The van der Waals surface area contributed by atoms with Gasteiger partial charge in [0.05, 0.1) is 0 Å². The third-order valence-corrected chi connectivity index (χ3v) is 7.60. The molecule has 0 bridgehead atoms. The van der Waals surface area contributed by atoms with Crippen LogP contribution >= 0.6 is 0 Å². The predicted molar refractivity (Wildman–Crippen MR) is 130 cm³/mol. The monoisotopic (exact) mass is 519 g/mol. The van der Waals surface area contributed by atoms with Crippen LogP contribution in [0.4, 0.5) is 13.2 Å². The van der Waals surface area contributed by atoms with Gasteiger partial charge in [0.1, 0.15) is 11.9 Å². The largest absolute Gasteiger partial charge is 0.490 e. The van der Waals surface area contributed by atoms with E-state index in [9.17, 15) is 18.0 Å². The number of benzene rings is 1. The van der Waals surface area contributed by atoms with Gasteiger partial charge in [-0.3, -0.25) is 14.7 Å². The van der Waals surface area contributed by atoms with Gasteiger partial charge in [-0.25, -0.2) is 4.79 Å². The number of alkyl halides is 3. The molecule has 4 heterocycles. The first kappa shape index (κ1) is 26.9. The Morgan fingerprint density at radius 1 is 1.05 bits per heavy atom. The van der Waals surface area contributed by atoms with Crippen LogP contribution in [0.5, 0.6) is 5.75 Å². The van der Waals surface area contributed by atoms with Crippen LogP contribution in [0.1, 0.15) is 54.1 Å². The van der Waals surface area contributed by atoms with Gasteiger partial charge in [-0.2, -0.15) is 13.2 Å². The molecule has 0 aliphatic carbocycles. The van der Waals surface area contributed by atoms with E-state index < -0.39 is 12.1 Å². The van der Waals surface area contributed by atoms with Crippen molar-refractivity contribution in [2.75, 3.05) is 26.2 Å². The van der Waals surface area contributed by atoms with Crippen molar-refractivity contribution in [3.8, 4) is 5.75 Å². The average molecular weight is 520 g/mol. The van der Waals surface area contributed by atoms with E-state index in [0.29, 0.717) is 11.5 Å². The SMILES string of the molecule is CC1Cc2cccc(CN3CCC4(CC3)CCN(C(=O)c3ccncc3)CC4)c2O1.O=C(O)C(F)(F)F. The molecule has 2 saturated heterocycles. The molecule has 1 N–H and O–H groups in total. The molecular formula is C27H32F3N3O4. The highest BCUT2D eigenvalue weighted by Gasteiger charge is 2.39. The minimum Gasteiger partial charge on any atom is -0.490 e. The van der Waals surface area contributed by atoms with Crippen molar-refractivity contribution in [3.05, 3.63) is 59.4 Å². The topological polar surface area (TPSA) is 83.0 Å². The molecule has 1 spiro atoms. The fraction of sp³-hybridized carbons (Fsp3) is 0.519. The molecule has 1 atom stereocenters. The number of carboxylic acid groups (broad SMARTS) is 1. The van der Waals surface area contributed by atoms with Crippen molar-refractivity contribution in [2.24, 2.45) is 5.41 Å². The van der Waals surface area contributed by atoms with E-state index in [0.717, 1.165) is 63.3 Å². The maximum Gasteiger partial charge on any atom is 0.490 e. The molecular weight excluding hydrogens is 487 g/mol. The lowest BCUT2D eigenvalue weighted by Crippen LogP contribution is -2.48. The standard InChI is InChI=1S/C25H31N3O2.C2HF3O2/c1-19-17-21-3-2-4-22(23(21)30-19)18-27-13-7-25(8-14-27)9-15-28(16-10-25)24(29)20-5-11-26-12-6-20;3-2(4,5)1(6)7/h2-6,11-12,19H,7-10,13-18H2,1H3;(H,6,7). The molecule has 7 nitrogen and oxygen atoms in total. The van der Waals surface area contributed by atoms with E-state index in [2.05, 4.69) is 35.0 Å². The Morgan fingerprint density at radius 2 is 1.65 bits per heavy atom. The van der Waals surface area contributed by atoms with E-state index in [-0.39, 0.29) is 5.91 Å². The highest BCUT2D eigenvalue weighted by molar-refractivity contribution is 5.94. The zero-order valence-electron chi connectivity index (χ0n) is 20.8. The molecule has 37 heavy (non-hydrogen) atoms. The van der Waals surface area contributed by atoms with Crippen molar-refractivity contribution in [2.45, 2.75) is 57.9 Å². The molecule has 2 aromatic rings. The Kier molecular flexibility index (Phi) is 8.06. The number of aromatic nitrogens is 1. The number of amides is 1. The summed E-state index contributed by atoms with van der Waals surface area (Å²) in [6, 6.07) is 10.2. The van der Waals surface area contributed by atoms with E-state index in [1.165, 1.54) is 24.0 Å². The number of rotatable bonds is 3. The predicted octanol–water partition coefficient (Wildman–Crippen LogP) is 4.56. The van der Waals surface area contributed by atoms with Crippen LogP contribution in [-0.2, 0) is 17.8 Å². The minimum atomic E-state index is -5.08. The number of hydrogen-bond acceptors (Lipinski definition) is 5. The third kappa shape index (κ3) is 6.60. The summed E-state index contributed by atoms with van der Waals surface area (Å²) in [5, 5.41) is 7.12. The Balaban J connectivity index is 0.000000405. The summed E-state index contributed by atoms with van der Waals surface area (Å²) in [4.78, 5) is 30.2. The maximum absolute atomic E-state index is 12.7. The quantitative estimate of drug-likeness (QED) is 0.641. The molecule has 0 saturated carbocycles. The number of carbonyl (C=O) groups excluding carboxylic acids is 1. The normalized spacial score (nSPS) is 21.0. The first-order chi connectivity index (χ1) is 17.6. The fourth-order valence-electron chi connectivity index (χ4n) is 5.41. The van der Waals surface area contributed by atoms with Gasteiger partial charge in [0.25, 0.3) is 5.91 Å². The number of hydrogen-bond donors (Lipinski definition) is 1. The van der Waals surface area contributed by atoms with Gasteiger partial charge >= 0.3 is 12.1 Å². The highest BCUT2D eigenvalue weighted by Crippen LogP contribution is 2.42. The number of halogens is 3. The fourth-order valence-corrected chi connectivity index (χ4v) is 5.41. The zero-order valence-corrected chi connectivity index (χ0v) is 20.8. The van der Waals surface area contributed by atoms with Crippen LogP contribution in [0.2, 0.25) is 0 Å². The number of likely N-dealkylation sites (tertiary alicyclic amines) is 2. The van der Waals surface area contributed by atoms with Gasteiger partial charge in [0.2, 0.25) is 0 Å². The first-order valence-corrected chi connectivity index (χ1v) is 12.6. The van der Waals surface area contributed by atoms with Gasteiger partial charge in [0.15, 0.2) is 0 Å². The number of aliphatic carboxylic acids is 1. The maximum atomic E-state index is 12.7. The van der Waals surface area contributed by atoms with Gasteiger partial charge in [-0.05, 0) is 68.8 Å². The van der Waals surface area contributed by atoms with Crippen molar-refractivity contribution < 1.29 is 32.6 Å². The molecule has 1 aromatic heterocycles. The molecule has 1 unspecified atom stereocenters. The Labute approximate surface area is 214 Å². The summed E-state index contributed by atoms with van der Waals surface area (Å²) in [7, 11) is 0. The lowest BCUT2D eigenvalue weighted by atomic mass is 9.71. The van der Waals surface area contributed by atoms with Crippen molar-refractivity contribution >= 4 is 11.9 Å². The lowest BCUT2D eigenvalue weighted by Gasteiger charge is -2.47. The molecule has 0 radical (unpaired) electrons. The zero-order chi connectivity index (χ0) is 26.6. The Hall–Kier alpha value is -3.14. The second-order valence-corrected chi connectivity index (χ2v) is 10.1. The molecule has 5 rings (SSSR count). The number of para-hydroxylation sites is 1. The summed E-state index contributed by atoms with van der Waals surface area (Å²) in [5.41, 5.74) is 3.86. The number of piperidine rings is 2. The van der Waals surface area contributed by atoms with Gasteiger partial charge in [-0.15, -0.1) is 0 Å². The van der Waals surface area contributed by atoms with E-state index in [4.69, 9.17) is 14.6 Å². The van der Waals surface area contributed by atoms with Gasteiger partial charge in [0, 0.05) is 49.6 Å². The summed E-state index contributed by atoms with van der Waals surface area (Å²) >= 11 is 0. The second-order valence-electron chi connectivity index (χ2n) is 10.1. The number of ether oxygens (including phenoxy) is 1. The molecule has 3 aliphatic heterocycles. The first-order valence-electron chi connectivity index (χ1n) is 12.6. The average Bonchev–Trinajstić information content (AvgIpc) is 3.27. The summed E-state index contributed by atoms with van der Waals surface area (Å²) < 4.78 is 37.8. The number of nitrogens with zero attached hydrogens (tertiary/aromatic N) is 3. The summed E-state index contributed by atoms with van der Waals surface area (Å²) in [6.45, 7) is 7.16. The summed E-state index contributed by atoms with van der Waals surface area (Å²) in [5.74, 6) is -1.47. The van der Waals surface area contributed by atoms with Crippen LogP contribution in [0, 0.1) is 5.41 Å². The Morgan fingerprint density at radius 3 is 2.24 bits per heavy atom. The number of carbonyl (C=O) groups is 2. The molecule has 3 aliphatic rings. The highest BCUT2D eigenvalue weighted by atomic mass is 19.4. The second kappa shape index (κ2) is 11.1. The van der Waals surface area contributed by atoms with Crippen molar-refractivity contribution in [3.63, 3.8) is 0 Å². The number of fused-ring (bicyclic) bond motifs is 1. The van der Waals surface area contributed by atoms with E-state index in [1.54, 1.807) is 12.4 Å². The van der Waals surface area contributed by atoms with Crippen molar-refractivity contribution in [1.29, 1.82) is 0 Å². The number of pyridine rings is 1. The van der Waals surface area contributed by atoms with Crippen molar-refractivity contribution in [1.82, 2.24) is 14.8 Å². The lowest BCUT2D eigenvalue weighted by molar-refractivity contribution is -0.192. The Bertz CT molecular complexity index is 1090. The molecule has 200 valence electrons. The smallest absolute Gasteiger partial charge is 0.490 e. The van der Waals surface area contributed by atoms with E-state index in [1.807, 2.05) is 17.0 Å². The van der Waals surface area contributed by atoms with Gasteiger partial charge in [-0.1, -0.05) is 18.2 Å². The molecule has 1 amide bonds. The van der Waals surface area contributed by atoms with Gasteiger partial charge < -0.3 is 14.7 Å². The summed E-state index contributed by atoms with van der Waals surface area (Å²) in [6.07, 6.45) is 4.35. The van der Waals surface area contributed by atoms with Crippen LogP contribution in [0.25, 0.3) is 0 Å². The van der Waals surface area contributed by atoms with Crippen LogP contribution in [0.3, 0.4) is 0 Å².